The van der Waals surface area contributed by atoms with Crippen molar-refractivity contribution in [1.29, 1.82) is 0 Å². The highest BCUT2D eigenvalue weighted by atomic mass is 32.2. The molecule has 4 fully saturated rings. The first kappa shape index (κ1) is 74.6. The summed E-state index contributed by atoms with van der Waals surface area (Å²) in [6.07, 6.45) is 10.4. The van der Waals surface area contributed by atoms with Crippen LogP contribution in [0.15, 0.2) is 115 Å². The number of imide groups is 1. The van der Waals surface area contributed by atoms with Crippen LogP contribution in [0.2, 0.25) is 0 Å². The number of nitrogens with zero attached hydrogens (tertiary/aromatic N) is 6. The normalized spacial score (nSPS) is 20.4. The predicted molar refractivity (Wildman–Crippen MR) is 387 cm³/mol. The van der Waals surface area contributed by atoms with Crippen molar-refractivity contribution in [2.24, 2.45) is 33.8 Å². The first-order valence-electron chi connectivity index (χ1n) is 34.9. The van der Waals surface area contributed by atoms with Crippen LogP contribution in [0, 0.1) is 35.0 Å². The number of para-hydroxylation sites is 1. The van der Waals surface area contributed by atoms with Crippen molar-refractivity contribution < 1.29 is 70.7 Å². The van der Waals surface area contributed by atoms with Gasteiger partial charge in [0.2, 0.25) is 5.91 Å². The van der Waals surface area contributed by atoms with Crippen LogP contribution >= 0.6 is 11.3 Å². The van der Waals surface area contributed by atoms with E-state index in [0.717, 1.165) is 58.3 Å². The van der Waals surface area contributed by atoms with Gasteiger partial charge in [-0.25, -0.2) is 24.4 Å². The molecule has 4 aromatic carbocycles. The number of aromatic carboxylic acids is 1. The molecule has 4 atom stereocenters. The van der Waals surface area contributed by atoms with E-state index in [1.54, 1.807) is 48.7 Å². The molecule has 4 bridgehead atoms. The van der Waals surface area contributed by atoms with Crippen LogP contribution < -0.4 is 21.7 Å². The van der Waals surface area contributed by atoms with E-state index in [1.807, 2.05) is 80.1 Å². The number of pyridine rings is 1. The number of carboxylic acids is 1. The maximum Gasteiger partial charge on any atom is 0.410 e. The van der Waals surface area contributed by atoms with Crippen LogP contribution in [-0.2, 0) is 63.1 Å². The van der Waals surface area contributed by atoms with Crippen LogP contribution in [0.25, 0.3) is 43.4 Å². The Hall–Kier alpha value is -9.57. The summed E-state index contributed by atoms with van der Waals surface area (Å²) in [5.74, 6) is -4.93. The average molecular weight is 1450 g/mol. The van der Waals surface area contributed by atoms with Gasteiger partial charge in [-0.2, -0.15) is 13.5 Å². The Morgan fingerprint density at radius 1 is 0.806 bits per heavy atom. The monoisotopic (exact) mass is 1440 g/mol. The van der Waals surface area contributed by atoms with E-state index in [-0.39, 0.29) is 122 Å². The zero-order chi connectivity index (χ0) is 73.6. The summed E-state index contributed by atoms with van der Waals surface area (Å²) < 4.78 is 49.7. The Bertz CT molecular complexity index is 4520. The number of amides is 7. The minimum Gasteiger partial charge on any atom is -0.476 e. The summed E-state index contributed by atoms with van der Waals surface area (Å²) in [5, 5.41) is 25.9. The van der Waals surface area contributed by atoms with Gasteiger partial charge in [0.1, 0.15) is 12.4 Å². The Morgan fingerprint density at radius 3 is 2.23 bits per heavy atom. The molecule has 27 heteroatoms. The number of rotatable bonds is 34. The number of urea groups is 1. The number of carbonyl (C=O) groups excluding carboxylic acids is 8. The molecule has 5 aliphatic rings. The van der Waals surface area contributed by atoms with Crippen LogP contribution in [0.5, 0.6) is 0 Å². The van der Waals surface area contributed by atoms with Crippen LogP contribution in [0.4, 0.5) is 14.7 Å². The number of nitrogens with one attached hydrogen (secondary N) is 3. The first-order valence-corrected chi connectivity index (χ1v) is 37.4. The molecule has 3 aromatic heterocycles. The topological polar surface area (TPSA) is 359 Å². The summed E-state index contributed by atoms with van der Waals surface area (Å²) in [7, 11) is -4.50. The van der Waals surface area contributed by atoms with Crippen molar-refractivity contribution in [2.45, 2.75) is 149 Å². The van der Waals surface area contributed by atoms with Gasteiger partial charge in [0, 0.05) is 98.0 Å². The van der Waals surface area contributed by atoms with Crippen LogP contribution in [0.1, 0.15) is 149 Å². The van der Waals surface area contributed by atoms with Gasteiger partial charge in [0.05, 0.1) is 46.1 Å². The minimum atomic E-state index is -4.50. The number of primary amides is 1. The molecule has 4 saturated carbocycles. The standard InChI is InChI=1S/C76H88N10O15S2/c1-47(2)56(37-53(87)14-7-6-10-30-85-64(89)27-28-65(85)90)68(92)81-60(17-12-29-78-70(77)95)62(88)35-49-19-21-50(22-20-49)39-100-72(96)84(32-34-103(97,98)99)31-33-101-76-43-73(4)40-74(5,44-76)42-75(41-73,45-76)46-86-48(3)58(38-79-86)54-25-26-59(80-66(54)69(93)94)52-24-23-51-13-11-15-55(57(51)36-52)67(91)83-71-82-61-16-8-9-18-63(61)102-71/h8-9,11,13,15-16,18-28,36,38,47,56,60H,6-7,10,12,14,17,29-35,37,39-46H2,1-5H3,(H,81,92)(H,93,94)(H3,77,78,95)(H,82,83,91)(H,97,98,99)/t56-,60-,73?,74?,75?,76?/m0/s1. The number of unbranched alkanes of at least 4 members (excludes halogenated alkanes) is 2. The number of Topliss-reactive ketones (excluding diaryl/α,β-unsaturated/α-hetero) is 2. The quantitative estimate of drug-likeness (QED) is 0.0124. The van der Waals surface area contributed by atoms with Gasteiger partial charge in [-0.05, 0) is 152 Å². The summed E-state index contributed by atoms with van der Waals surface area (Å²) >= 11 is 1.38. The lowest BCUT2D eigenvalue weighted by Crippen LogP contribution is -2.64. The predicted octanol–water partition coefficient (Wildman–Crippen LogP) is 11.1. The van der Waals surface area contributed by atoms with Crippen molar-refractivity contribution >= 4 is 101 Å². The molecule has 544 valence electrons. The van der Waals surface area contributed by atoms with Gasteiger partial charge in [0.25, 0.3) is 27.8 Å². The number of benzene rings is 4. The number of aromatic nitrogens is 4. The number of hydrogen-bond acceptors (Lipinski definition) is 17. The van der Waals surface area contributed by atoms with Gasteiger partial charge in [-0.3, -0.25) is 48.2 Å². The second-order valence-corrected chi connectivity index (χ2v) is 32.0. The minimum absolute atomic E-state index is 0.0340. The van der Waals surface area contributed by atoms with Gasteiger partial charge in [0.15, 0.2) is 16.6 Å². The third-order valence-corrected chi connectivity index (χ3v) is 22.1. The Balaban J connectivity index is 0.707. The molecule has 4 heterocycles. The summed E-state index contributed by atoms with van der Waals surface area (Å²) in [6, 6.07) is 27.2. The Morgan fingerprint density at radius 2 is 1.53 bits per heavy atom. The molecule has 7 N–H and O–H groups in total. The lowest BCUT2D eigenvalue weighted by atomic mass is 9.39. The fourth-order valence-corrected chi connectivity index (χ4v) is 18.1. The lowest BCUT2D eigenvalue weighted by Gasteiger charge is -2.69. The molecule has 1 aliphatic heterocycles. The molecule has 12 rings (SSSR count). The highest BCUT2D eigenvalue weighted by Crippen LogP contribution is 2.72. The Labute approximate surface area is 601 Å². The van der Waals surface area contributed by atoms with Crippen LogP contribution in [0.3, 0.4) is 0 Å². The number of anilines is 1. The molecule has 0 radical (unpaired) electrons. The molecular weight excluding hydrogens is 1360 g/mol. The number of ketones is 2. The van der Waals surface area contributed by atoms with E-state index in [0.29, 0.717) is 88.2 Å². The summed E-state index contributed by atoms with van der Waals surface area (Å²) in [5.41, 5.74) is 9.14. The zero-order valence-electron chi connectivity index (χ0n) is 58.5. The number of carbonyl (C=O) groups is 9. The molecule has 0 saturated heterocycles. The number of ether oxygens (including phenoxy) is 2. The molecule has 7 amide bonds. The van der Waals surface area contributed by atoms with E-state index >= 15 is 0 Å². The zero-order valence-corrected chi connectivity index (χ0v) is 60.2. The molecule has 4 aliphatic carbocycles. The van der Waals surface area contributed by atoms with E-state index in [1.165, 1.54) is 28.4 Å². The average Bonchev–Trinajstić information content (AvgIpc) is 0.895. The van der Waals surface area contributed by atoms with Crippen molar-refractivity contribution in [1.82, 2.24) is 40.2 Å². The largest absolute Gasteiger partial charge is 0.476 e. The smallest absolute Gasteiger partial charge is 0.410 e. The van der Waals surface area contributed by atoms with Crippen molar-refractivity contribution in [3.63, 3.8) is 0 Å². The number of thiazole rings is 1. The molecular formula is C76H88N10O15S2. The maximum atomic E-state index is 14.0. The van der Waals surface area contributed by atoms with E-state index < -0.39 is 57.4 Å². The number of fused-ring (bicyclic) bond motifs is 2. The van der Waals surface area contributed by atoms with Crippen molar-refractivity contribution in [2.75, 3.05) is 43.9 Å². The molecule has 0 spiro atoms. The third-order valence-electron chi connectivity index (χ3n) is 20.5. The molecule has 25 nitrogen and oxygen atoms in total. The van der Waals surface area contributed by atoms with Crippen molar-refractivity contribution in [3.05, 3.63) is 143 Å². The SMILES string of the molecule is Cc1c(-c2ccc(-c3ccc4cccc(C(=O)Nc5nc6ccccc6s5)c4c3)nc2C(=O)O)cnn1CC12CC3(C)CC(C)(C1)CC(OCCN(CCS(=O)(=O)O)C(=O)OCc1ccc(CC(=O)[C@H](CCCNC(N)=O)NC(=O)[C@@H](CC(=O)CCCCCN4C(=O)C=CC4=O)C(C)C)cc1)(C3)C2. The fourth-order valence-electron chi connectivity index (χ4n) is 16.8. The van der Waals surface area contributed by atoms with E-state index in [2.05, 4.69) is 34.8 Å². The number of hydrogen-bond donors (Lipinski definition) is 6. The first-order chi connectivity index (χ1) is 49.0. The van der Waals surface area contributed by atoms with E-state index in [9.17, 15) is 61.2 Å². The second-order valence-electron chi connectivity index (χ2n) is 29.4. The van der Waals surface area contributed by atoms with E-state index in [4.69, 9.17) is 25.3 Å². The molecule has 103 heavy (non-hydrogen) atoms. The number of carboxylic acid groups (broad SMARTS) is 1. The Kier molecular flexibility index (Phi) is 22.6. The van der Waals surface area contributed by atoms with Gasteiger partial charge < -0.3 is 35.8 Å². The van der Waals surface area contributed by atoms with Crippen LogP contribution in [-0.4, -0.2) is 151 Å². The highest BCUT2D eigenvalue weighted by Gasteiger charge is 2.66. The number of nitrogens with two attached hydrogens (primary N) is 1. The summed E-state index contributed by atoms with van der Waals surface area (Å²) in [4.78, 5) is 129. The highest BCUT2D eigenvalue weighted by molar-refractivity contribution is 7.85. The maximum absolute atomic E-state index is 14.0. The molecule has 2 unspecified atom stereocenters. The summed E-state index contributed by atoms with van der Waals surface area (Å²) in [6.45, 7) is 10.4. The molecule has 7 aromatic rings. The third kappa shape index (κ3) is 18.3. The van der Waals surface area contributed by atoms with Gasteiger partial charge >= 0.3 is 18.1 Å². The fraction of sp³-hybridized carbons (Fsp3) is 0.447. The van der Waals surface area contributed by atoms with Crippen molar-refractivity contribution in [3.8, 4) is 22.4 Å². The lowest BCUT2D eigenvalue weighted by molar-refractivity contribution is -0.248. The second kappa shape index (κ2) is 31.2. The van der Waals surface area contributed by atoms with Gasteiger partial charge in [-0.1, -0.05) is 106 Å². The van der Waals surface area contributed by atoms with Gasteiger partial charge in [-0.15, -0.1) is 0 Å².